The second-order valence-corrected chi connectivity index (χ2v) is 7.45. The number of carbonyl (C=O) groups excluding carboxylic acids is 1. The molecule has 0 spiro atoms. The van der Waals surface area contributed by atoms with Gasteiger partial charge in [-0.1, -0.05) is 0 Å². The Balaban J connectivity index is 1.71. The van der Waals surface area contributed by atoms with Crippen molar-refractivity contribution in [2.45, 2.75) is 31.8 Å². The molecule has 3 aromatic rings. The van der Waals surface area contributed by atoms with Gasteiger partial charge in [-0.2, -0.15) is 0 Å². The maximum atomic E-state index is 15.2. The standard InChI is InChI=1S/C21H20F2N4O3/c1-29-14-8-15(30-2)17(23)19(16(14)22)26-10-11-9-25-20-13(6-7-24-20)18(11)27(21(26)28)12-4-3-5-12/h6-9,12H,3-5,10H2,1-2H3,(H,24,25). The summed E-state index contributed by atoms with van der Waals surface area (Å²) in [4.78, 5) is 23.8. The van der Waals surface area contributed by atoms with Crippen LogP contribution in [0.15, 0.2) is 24.5 Å². The molecule has 0 unspecified atom stereocenters. The van der Waals surface area contributed by atoms with E-state index >= 15 is 8.78 Å². The number of fused-ring (bicyclic) bond motifs is 3. The Morgan fingerprint density at radius 1 is 1.13 bits per heavy atom. The third-order valence-electron chi connectivity index (χ3n) is 5.90. The van der Waals surface area contributed by atoms with Gasteiger partial charge in [0.15, 0.2) is 23.1 Å². The van der Waals surface area contributed by atoms with Crippen molar-refractivity contribution in [2.24, 2.45) is 0 Å². The van der Waals surface area contributed by atoms with Crippen LogP contribution in [0.3, 0.4) is 0 Å². The lowest BCUT2D eigenvalue weighted by Crippen LogP contribution is -2.54. The lowest BCUT2D eigenvalue weighted by Gasteiger charge is -2.44. The van der Waals surface area contributed by atoms with Crippen LogP contribution in [0.1, 0.15) is 24.8 Å². The molecule has 2 aromatic heterocycles. The predicted molar refractivity (Wildman–Crippen MR) is 107 cm³/mol. The zero-order valence-electron chi connectivity index (χ0n) is 16.5. The summed E-state index contributed by atoms with van der Waals surface area (Å²) in [5.74, 6) is -2.29. The Morgan fingerprint density at radius 3 is 2.43 bits per heavy atom. The van der Waals surface area contributed by atoms with Crippen molar-refractivity contribution in [2.75, 3.05) is 24.0 Å². The molecule has 30 heavy (non-hydrogen) atoms. The van der Waals surface area contributed by atoms with Gasteiger partial charge in [0.05, 0.1) is 26.5 Å². The van der Waals surface area contributed by atoms with Crippen molar-refractivity contribution < 1.29 is 23.0 Å². The van der Waals surface area contributed by atoms with Crippen LogP contribution < -0.4 is 19.3 Å². The molecule has 1 N–H and O–H groups in total. The number of urea groups is 1. The molecule has 2 aliphatic rings. The number of rotatable bonds is 4. The average molecular weight is 414 g/mol. The largest absolute Gasteiger partial charge is 0.493 e. The van der Waals surface area contributed by atoms with Crippen LogP contribution in [0, 0.1) is 11.6 Å². The molecule has 1 aliphatic heterocycles. The van der Waals surface area contributed by atoms with Crippen molar-refractivity contribution in [3.8, 4) is 11.5 Å². The number of pyridine rings is 1. The molecule has 2 amide bonds. The number of halogens is 2. The number of hydrogen-bond donors (Lipinski definition) is 1. The van der Waals surface area contributed by atoms with E-state index in [0.29, 0.717) is 11.2 Å². The molecule has 3 heterocycles. The van der Waals surface area contributed by atoms with E-state index in [-0.39, 0.29) is 24.1 Å². The molecule has 0 atom stereocenters. The fraction of sp³-hybridized carbons (Fsp3) is 0.333. The number of amides is 2. The highest BCUT2D eigenvalue weighted by molar-refractivity contribution is 6.11. The first-order valence-electron chi connectivity index (χ1n) is 9.70. The van der Waals surface area contributed by atoms with E-state index in [0.717, 1.165) is 41.3 Å². The van der Waals surface area contributed by atoms with Crippen LogP contribution in [0.4, 0.5) is 25.0 Å². The number of aromatic nitrogens is 2. The quantitative estimate of drug-likeness (QED) is 0.689. The number of ether oxygens (including phenoxy) is 2. The second kappa shape index (κ2) is 6.86. The van der Waals surface area contributed by atoms with E-state index in [4.69, 9.17) is 9.47 Å². The number of aromatic amines is 1. The first-order chi connectivity index (χ1) is 14.5. The minimum Gasteiger partial charge on any atom is -0.493 e. The van der Waals surface area contributed by atoms with Crippen molar-refractivity contribution in [1.29, 1.82) is 0 Å². The summed E-state index contributed by atoms with van der Waals surface area (Å²) in [6.07, 6.45) is 6.08. The fourth-order valence-corrected chi connectivity index (χ4v) is 4.17. The summed E-state index contributed by atoms with van der Waals surface area (Å²) in [5.41, 5.74) is 1.65. The summed E-state index contributed by atoms with van der Waals surface area (Å²) in [7, 11) is 2.56. The molecule has 5 rings (SSSR count). The molecule has 0 saturated heterocycles. The second-order valence-electron chi connectivity index (χ2n) is 7.45. The molecule has 0 radical (unpaired) electrons. The van der Waals surface area contributed by atoms with E-state index in [9.17, 15) is 4.79 Å². The normalized spacial score (nSPS) is 16.6. The summed E-state index contributed by atoms with van der Waals surface area (Å²) >= 11 is 0. The fourth-order valence-electron chi connectivity index (χ4n) is 4.17. The van der Waals surface area contributed by atoms with Crippen LogP contribution in [0.5, 0.6) is 11.5 Å². The summed E-state index contributed by atoms with van der Waals surface area (Å²) in [6.45, 7) is -0.0182. The molecule has 156 valence electrons. The minimum atomic E-state index is -0.947. The van der Waals surface area contributed by atoms with Gasteiger partial charge in [-0.05, 0) is 25.3 Å². The van der Waals surface area contributed by atoms with Crippen LogP contribution in [-0.2, 0) is 6.54 Å². The maximum Gasteiger partial charge on any atom is 0.329 e. The van der Waals surface area contributed by atoms with Crippen molar-refractivity contribution >= 4 is 28.4 Å². The Bertz CT molecular complexity index is 1130. The topological polar surface area (TPSA) is 70.7 Å². The van der Waals surface area contributed by atoms with E-state index in [1.807, 2.05) is 6.07 Å². The highest BCUT2D eigenvalue weighted by Crippen LogP contribution is 2.44. The van der Waals surface area contributed by atoms with Gasteiger partial charge in [-0.25, -0.2) is 18.6 Å². The molecule has 1 aliphatic carbocycles. The molecule has 7 nitrogen and oxygen atoms in total. The highest BCUT2D eigenvalue weighted by atomic mass is 19.1. The molecular formula is C21H20F2N4O3. The number of H-pyrrole nitrogens is 1. The Hall–Kier alpha value is -3.36. The molecule has 9 heteroatoms. The average Bonchev–Trinajstić information content (AvgIpc) is 3.18. The highest BCUT2D eigenvalue weighted by Gasteiger charge is 2.42. The third-order valence-corrected chi connectivity index (χ3v) is 5.90. The summed E-state index contributed by atoms with van der Waals surface area (Å²) in [6, 6.07) is 2.49. The molecule has 1 fully saturated rings. The van der Waals surface area contributed by atoms with Gasteiger partial charge >= 0.3 is 6.03 Å². The first-order valence-corrected chi connectivity index (χ1v) is 9.70. The number of hydrogen-bond acceptors (Lipinski definition) is 4. The van der Waals surface area contributed by atoms with Crippen LogP contribution in [-0.4, -0.2) is 36.3 Å². The SMILES string of the molecule is COc1cc(OC)c(F)c(N2Cc3cnc4[nH]ccc4c3N(C3CCC3)C2=O)c1F. The summed E-state index contributed by atoms with van der Waals surface area (Å²) in [5, 5.41) is 0.816. The van der Waals surface area contributed by atoms with E-state index in [1.54, 1.807) is 17.3 Å². The maximum absolute atomic E-state index is 15.2. The van der Waals surface area contributed by atoms with Gasteiger partial charge in [0.2, 0.25) is 0 Å². The zero-order chi connectivity index (χ0) is 21.0. The van der Waals surface area contributed by atoms with Crippen molar-refractivity contribution in [1.82, 2.24) is 9.97 Å². The van der Waals surface area contributed by atoms with Gasteiger partial charge in [0.25, 0.3) is 0 Å². The predicted octanol–water partition coefficient (Wildman–Crippen LogP) is 4.36. The summed E-state index contributed by atoms with van der Waals surface area (Å²) < 4.78 is 40.4. The van der Waals surface area contributed by atoms with E-state index < -0.39 is 23.4 Å². The number of methoxy groups -OCH3 is 2. The van der Waals surface area contributed by atoms with Crippen LogP contribution in [0.25, 0.3) is 11.0 Å². The number of nitrogens with one attached hydrogen (secondary N) is 1. The third kappa shape index (κ3) is 2.54. The number of anilines is 2. The van der Waals surface area contributed by atoms with E-state index in [1.165, 1.54) is 14.2 Å². The Labute approximate surface area is 171 Å². The number of carbonyl (C=O) groups is 1. The van der Waals surface area contributed by atoms with Crippen molar-refractivity contribution in [3.05, 3.63) is 41.7 Å². The van der Waals surface area contributed by atoms with Gasteiger partial charge < -0.3 is 14.5 Å². The smallest absolute Gasteiger partial charge is 0.329 e. The van der Waals surface area contributed by atoms with Gasteiger partial charge in [0.1, 0.15) is 11.3 Å². The lowest BCUT2D eigenvalue weighted by molar-refractivity contribution is 0.241. The molecule has 1 aromatic carbocycles. The Kier molecular flexibility index (Phi) is 4.27. The van der Waals surface area contributed by atoms with E-state index in [2.05, 4.69) is 9.97 Å². The van der Waals surface area contributed by atoms with Gasteiger partial charge in [-0.3, -0.25) is 9.80 Å². The van der Waals surface area contributed by atoms with Gasteiger partial charge in [-0.15, -0.1) is 0 Å². The molecule has 1 saturated carbocycles. The zero-order valence-corrected chi connectivity index (χ0v) is 16.5. The minimum absolute atomic E-state index is 0.0182. The van der Waals surface area contributed by atoms with Crippen molar-refractivity contribution in [3.63, 3.8) is 0 Å². The lowest BCUT2D eigenvalue weighted by atomic mass is 9.90. The first kappa shape index (κ1) is 18.7. The monoisotopic (exact) mass is 414 g/mol. The van der Waals surface area contributed by atoms with Crippen LogP contribution in [0.2, 0.25) is 0 Å². The molecular weight excluding hydrogens is 394 g/mol. The molecule has 0 bridgehead atoms. The number of nitrogens with zero attached hydrogens (tertiary/aromatic N) is 3. The van der Waals surface area contributed by atoms with Crippen LogP contribution >= 0.6 is 0 Å². The van der Waals surface area contributed by atoms with Gasteiger partial charge in [0, 0.05) is 35.5 Å². The Morgan fingerprint density at radius 2 is 1.83 bits per heavy atom. The number of benzene rings is 1.